The molecule has 6 heteroatoms. The van der Waals surface area contributed by atoms with Crippen LogP contribution in [0, 0.1) is 5.92 Å². The number of rotatable bonds is 6. The normalized spacial score (nSPS) is 18.2. The lowest BCUT2D eigenvalue weighted by Gasteiger charge is -2.33. The Morgan fingerprint density at radius 3 is 3.13 bits per heavy atom. The highest BCUT2D eigenvalue weighted by molar-refractivity contribution is 7.09. The third-order valence-corrected chi connectivity index (χ3v) is 5.34. The molecule has 0 aromatic carbocycles. The second kappa shape index (κ2) is 7.75. The van der Waals surface area contributed by atoms with Gasteiger partial charge in [0.15, 0.2) is 0 Å². The number of aliphatic hydroxyl groups is 1. The van der Waals surface area contributed by atoms with Gasteiger partial charge in [-0.15, -0.1) is 11.3 Å². The fraction of sp³-hybridized carbons (Fsp3) is 0.529. The molecule has 0 unspecified atom stereocenters. The molecule has 0 spiro atoms. The zero-order valence-electron chi connectivity index (χ0n) is 13.6. The van der Waals surface area contributed by atoms with E-state index in [9.17, 15) is 5.11 Å². The van der Waals surface area contributed by atoms with E-state index < -0.39 is 0 Å². The van der Waals surface area contributed by atoms with E-state index in [1.165, 1.54) is 4.88 Å². The molecule has 1 atom stereocenters. The minimum absolute atomic E-state index is 0.259. The maximum absolute atomic E-state index is 9.39. The van der Waals surface area contributed by atoms with Crippen LogP contribution in [-0.4, -0.2) is 48.4 Å². The second-order valence-corrected chi connectivity index (χ2v) is 7.15. The summed E-state index contributed by atoms with van der Waals surface area (Å²) < 4.78 is 0. The van der Waals surface area contributed by atoms with E-state index in [0.29, 0.717) is 5.92 Å². The number of thiophene rings is 1. The molecular weight excluding hydrogens is 308 g/mol. The Bertz CT molecular complexity index is 604. The Balaban J connectivity index is 1.64. The van der Waals surface area contributed by atoms with Crippen LogP contribution in [0.25, 0.3) is 0 Å². The van der Waals surface area contributed by atoms with Crippen LogP contribution < -0.4 is 9.80 Å². The molecular formula is C17H24N4OS. The maximum atomic E-state index is 9.39. The predicted octanol–water partition coefficient (Wildman–Crippen LogP) is 2.43. The third kappa shape index (κ3) is 4.20. The smallest absolute Gasteiger partial charge is 0.134 e. The summed E-state index contributed by atoms with van der Waals surface area (Å²) in [5.41, 5.74) is 0. The van der Waals surface area contributed by atoms with Crippen molar-refractivity contribution in [3.05, 3.63) is 34.8 Å². The molecule has 3 rings (SSSR count). The summed E-state index contributed by atoms with van der Waals surface area (Å²) in [7, 11) is 2.08. The van der Waals surface area contributed by atoms with Gasteiger partial charge in [-0.05, 0) is 36.6 Å². The molecule has 1 aliphatic rings. The van der Waals surface area contributed by atoms with Crippen LogP contribution in [0.3, 0.4) is 0 Å². The van der Waals surface area contributed by atoms with Crippen molar-refractivity contribution >= 4 is 23.0 Å². The summed E-state index contributed by atoms with van der Waals surface area (Å²) in [6.45, 7) is 3.09. The van der Waals surface area contributed by atoms with Gasteiger partial charge in [0.25, 0.3) is 0 Å². The van der Waals surface area contributed by atoms with E-state index in [1.54, 1.807) is 17.7 Å². The summed E-state index contributed by atoms with van der Waals surface area (Å²) >= 11 is 1.80. The van der Waals surface area contributed by atoms with E-state index >= 15 is 0 Å². The molecule has 1 N–H and O–H groups in total. The molecule has 5 nitrogen and oxygen atoms in total. The molecule has 0 amide bonds. The van der Waals surface area contributed by atoms with Gasteiger partial charge in [-0.25, -0.2) is 9.97 Å². The molecule has 23 heavy (non-hydrogen) atoms. The van der Waals surface area contributed by atoms with Gasteiger partial charge in [0, 0.05) is 44.2 Å². The van der Waals surface area contributed by atoms with Gasteiger partial charge in [0.1, 0.15) is 18.0 Å². The van der Waals surface area contributed by atoms with Crippen molar-refractivity contribution in [2.45, 2.75) is 19.3 Å². The van der Waals surface area contributed by atoms with Crippen LogP contribution in [0.1, 0.15) is 17.7 Å². The minimum Gasteiger partial charge on any atom is -0.396 e. The van der Waals surface area contributed by atoms with Crippen molar-refractivity contribution in [3.63, 3.8) is 0 Å². The highest BCUT2D eigenvalue weighted by Crippen LogP contribution is 2.23. The Morgan fingerprint density at radius 1 is 1.43 bits per heavy atom. The monoisotopic (exact) mass is 332 g/mol. The maximum Gasteiger partial charge on any atom is 0.134 e. The molecule has 0 aliphatic carbocycles. The largest absolute Gasteiger partial charge is 0.396 e. The Labute approximate surface area is 141 Å². The van der Waals surface area contributed by atoms with Gasteiger partial charge >= 0.3 is 0 Å². The first-order valence-corrected chi connectivity index (χ1v) is 9.05. The lowest BCUT2D eigenvalue weighted by Crippen LogP contribution is -2.37. The number of anilines is 2. The lowest BCUT2D eigenvalue weighted by molar-refractivity contribution is 0.208. The van der Waals surface area contributed by atoms with E-state index in [-0.39, 0.29) is 6.61 Å². The fourth-order valence-electron chi connectivity index (χ4n) is 2.99. The van der Waals surface area contributed by atoms with E-state index in [4.69, 9.17) is 0 Å². The van der Waals surface area contributed by atoms with Crippen molar-refractivity contribution in [1.82, 2.24) is 9.97 Å². The zero-order chi connectivity index (χ0) is 16.1. The first kappa shape index (κ1) is 16.2. The highest BCUT2D eigenvalue weighted by Gasteiger charge is 2.20. The van der Waals surface area contributed by atoms with Crippen molar-refractivity contribution in [2.75, 3.05) is 43.1 Å². The number of hydrogen-bond donors (Lipinski definition) is 1. The zero-order valence-corrected chi connectivity index (χ0v) is 14.4. The van der Waals surface area contributed by atoms with Crippen molar-refractivity contribution in [3.8, 4) is 0 Å². The Kier molecular flexibility index (Phi) is 5.46. The number of aliphatic hydroxyl groups excluding tert-OH is 1. The number of nitrogens with zero attached hydrogens (tertiary/aromatic N) is 4. The van der Waals surface area contributed by atoms with Gasteiger partial charge in [0.05, 0.1) is 0 Å². The molecule has 1 fully saturated rings. The SMILES string of the molecule is CN(CCc1cccs1)c1cc(N2CCC[C@H](CO)C2)ncn1. The van der Waals surface area contributed by atoms with Crippen LogP contribution in [-0.2, 0) is 6.42 Å². The van der Waals surface area contributed by atoms with E-state index in [2.05, 4.69) is 50.4 Å². The molecule has 0 radical (unpaired) electrons. The average Bonchev–Trinajstić information content (AvgIpc) is 3.13. The standard InChI is InChI=1S/C17H24N4OS/c1-20(8-6-15-5-3-9-23-15)16-10-17(19-13-18-16)21-7-2-4-14(11-21)12-22/h3,5,9-10,13-14,22H,2,4,6-8,11-12H2,1H3/t14-/m0/s1. The van der Waals surface area contributed by atoms with Gasteiger partial charge in [-0.2, -0.15) is 0 Å². The predicted molar refractivity (Wildman–Crippen MR) is 95.3 cm³/mol. The minimum atomic E-state index is 0.259. The van der Waals surface area contributed by atoms with Crippen molar-refractivity contribution in [1.29, 1.82) is 0 Å². The van der Waals surface area contributed by atoms with Crippen LogP contribution in [0.4, 0.5) is 11.6 Å². The van der Waals surface area contributed by atoms with Crippen molar-refractivity contribution in [2.24, 2.45) is 5.92 Å². The molecule has 1 saturated heterocycles. The van der Waals surface area contributed by atoms with Gasteiger partial charge in [-0.3, -0.25) is 0 Å². The van der Waals surface area contributed by atoms with Crippen LogP contribution in [0.15, 0.2) is 29.9 Å². The highest BCUT2D eigenvalue weighted by atomic mass is 32.1. The molecule has 3 heterocycles. The van der Waals surface area contributed by atoms with Crippen LogP contribution in [0.5, 0.6) is 0 Å². The molecule has 124 valence electrons. The molecule has 2 aromatic heterocycles. The summed E-state index contributed by atoms with van der Waals surface area (Å²) in [5.74, 6) is 2.28. The molecule has 0 bridgehead atoms. The van der Waals surface area contributed by atoms with Gasteiger partial charge in [-0.1, -0.05) is 6.07 Å². The third-order valence-electron chi connectivity index (χ3n) is 4.40. The Hall–Kier alpha value is -1.66. The first-order chi connectivity index (χ1) is 11.3. The number of piperidine rings is 1. The summed E-state index contributed by atoms with van der Waals surface area (Å²) in [6.07, 6.45) is 4.89. The number of hydrogen-bond acceptors (Lipinski definition) is 6. The van der Waals surface area contributed by atoms with Crippen LogP contribution in [0.2, 0.25) is 0 Å². The van der Waals surface area contributed by atoms with Gasteiger partial charge < -0.3 is 14.9 Å². The quantitative estimate of drug-likeness (QED) is 0.880. The first-order valence-electron chi connectivity index (χ1n) is 8.17. The van der Waals surface area contributed by atoms with E-state index in [0.717, 1.165) is 50.5 Å². The fourth-order valence-corrected chi connectivity index (χ4v) is 3.69. The lowest BCUT2D eigenvalue weighted by atomic mass is 9.99. The van der Waals surface area contributed by atoms with Crippen LogP contribution >= 0.6 is 11.3 Å². The molecule has 0 saturated carbocycles. The summed E-state index contributed by atoms with van der Waals surface area (Å²) in [5, 5.41) is 11.5. The average molecular weight is 332 g/mol. The summed E-state index contributed by atoms with van der Waals surface area (Å²) in [4.78, 5) is 14.7. The topological polar surface area (TPSA) is 52.5 Å². The molecule has 2 aromatic rings. The number of likely N-dealkylation sites (N-methyl/N-ethyl adjacent to an activating group) is 1. The van der Waals surface area contributed by atoms with Gasteiger partial charge in [0.2, 0.25) is 0 Å². The van der Waals surface area contributed by atoms with Crippen molar-refractivity contribution < 1.29 is 5.11 Å². The Morgan fingerprint density at radius 2 is 2.35 bits per heavy atom. The second-order valence-electron chi connectivity index (χ2n) is 6.12. The number of aromatic nitrogens is 2. The molecule has 1 aliphatic heterocycles. The van der Waals surface area contributed by atoms with E-state index in [1.807, 2.05) is 0 Å². The summed E-state index contributed by atoms with van der Waals surface area (Å²) in [6, 6.07) is 6.33.